The van der Waals surface area contributed by atoms with E-state index in [9.17, 15) is 17.6 Å². The van der Waals surface area contributed by atoms with Gasteiger partial charge in [-0.1, -0.05) is 18.2 Å². The number of halogens is 1. The summed E-state index contributed by atoms with van der Waals surface area (Å²) in [4.78, 5) is 12.3. The van der Waals surface area contributed by atoms with E-state index in [1.807, 2.05) is 0 Å². The first-order valence-corrected chi connectivity index (χ1v) is 9.62. The van der Waals surface area contributed by atoms with Crippen LogP contribution >= 0.6 is 0 Å². The van der Waals surface area contributed by atoms with Crippen molar-refractivity contribution >= 4 is 27.1 Å². The number of benzene rings is 2. The van der Waals surface area contributed by atoms with Crippen molar-refractivity contribution in [2.45, 2.75) is 18.7 Å². The first-order chi connectivity index (χ1) is 12.2. The summed E-state index contributed by atoms with van der Waals surface area (Å²) < 4.78 is 37.6. The molecular weight excluding hydrogens is 355 g/mol. The SMILES string of the molecule is C=CCS(=O)(=O)c1ccc(C)c(NCC(=O)Nc2cc(F)ccc2C)c1. The van der Waals surface area contributed by atoms with E-state index < -0.39 is 15.7 Å². The lowest BCUT2D eigenvalue weighted by Crippen LogP contribution is -2.22. The van der Waals surface area contributed by atoms with E-state index in [0.29, 0.717) is 11.4 Å². The normalized spacial score (nSPS) is 11.0. The molecule has 138 valence electrons. The Hall–Kier alpha value is -2.67. The Kier molecular flexibility index (Phi) is 6.15. The molecule has 0 saturated carbocycles. The quantitative estimate of drug-likeness (QED) is 0.726. The fraction of sp³-hybridized carbons (Fsp3) is 0.211. The first kappa shape index (κ1) is 19.7. The number of rotatable bonds is 7. The maximum atomic E-state index is 13.3. The monoisotopic (exact) mass is 376 g/mol. The Morgan fingerprint density at radius 2 is 1.77 bits per heavy atom. The minimum absolute atomic E-state index is 0.0816. The van der Waals surface area contributed by atoms with Gasteiger partial charge in [-0.15, -0.1) is 6.58 Å². The van der Waals surface area contributed by atoms with Gasteiger partial charge in [0.25, 0.3) is 0 Å². The minimum Gasteiger partial charge on any atom is -0.376 e. The van der Waals surface area contributed by atoms with Crippen molar-refractivity contribution in [2.75, 3.05) is 22.9 Å². The van der Waals surface area contributed by atoms with Gasteiger partial charge in [0.2, 0.25) is 5.91 Å². The van der Waals surface area contributed by atoms with Crippen molar-refractivity contribution in [3.05, 3.63) is 66.0 Å². The Balaban J connectivity index is 2.10. The molecule has 1 amide bonds. The predicted octanol–water partition coefficient (Wildman–Crippen LogP) is 3.45. The molecule has 2 aromatic rings. The number of carbonyl (C=O) groups is 1. The molecule has 0 aliphatic carbocycles. The zero-order valence-corrected chi connectivity index (χ0v) is 15.5. The van der Waals surface area contributed by atoms with Crippen LogP contribution in [0.1, 0.15) is 11.1 Å². The van der Waals surface area contributed by atoms with E-state index in [-0.39, 0.29) is 23.1 Å². The number of hydrogen-bond donors (Lipinski definition) is 2. The zero-order chi connectivity index (χ0) is 19.3. The third-order valence-electron chi connectivity index (χ3n) is 3.82. The number of amides is 1. The molecule has 0 radical (unpaired) electrons. The molecule has 7 heteroatoms. The van der Waals surface area contributed by atoms with E-state index >= 15 is 0 Å². The molecule has 0 fully saturated rings. The molecule has 2 rings (SSSR count). The van der Waals surface area contributed by atoms with Crippen LogP contribution in [0.3, 0.4) is 0 Å². The smallest absolute Gasteiger partial charge is 0.243 e. The van der Waals surface area contributed by atoms with Crippen LogP contribution in [-0.4, -0.2) is 26.6 Å². The van der Waals surface area contributed by atoms with Gasteiger partial charge in [-0.25, -0.2) is 12.8 Å². The van der Waals surface area contributed by atoms with E-state index in [1.165, 1.54) is 30.3 Å². The average molecular weight is 376 g/mol. The predicted molar refractivity (Wildman–Crippen MR) is 102 cm³/mol. The van der Waals surface area contributed by atoms with Crippen molar-refractivity contribution in [1.82, 2.24) is 0 Å². The van der Waals surface area contributed by atoms with Crippen LogP contribution < -0.4 is 10.6 Å². The van der Waals surface area contributed by atoms with E-state index in [0.717, 1.165) is 11.1 Å². The highest BCUT2D eigenvalue weighted by Gasteiger charge is 2.14. The lowest BCUT2D eigenvalue weighted by atomic mass is 10.2. The number of nitrogens with one attached hydrogen (secondary N) is 2. The van der Waals surface area contributed by atoms with Crippen molar-refractivity contribution in [3.63, 3.8) is 0 Å². The molecule has 0 aromatic heterocycles. The number of sulfone groups is 1. The second-order valence-electron chi connectivity index (χ2n) is 5.91. The topological polar surface area (TPSA) is 75.3 Å². The molecule has 0 aliphatic heterocycles. The van der Waals surface area contributed by atoms with Crippen molar-refractivity contribution < 1.29 is 17.6 Å². The van der Waals surface area contributed by atoms with Crippen LogP contribution in [0.25, 0.3) is 0 Å². The summed E-state index contributed by atoms with van der Waals surface area (Å²) in [6.07, 6.45) is 1.33. The second kappa shape index (κ2) is 8.14. The second-order valence-corrected chi connectivity index (χ2v) is 7.94. The van der Waals surface area contributed by atoms with Gasteiger partial charge in [-0.2, -0.15) is 0 Å². The molecule has 0 atom stereocenters. The fourth-order valence-corrected chi connectivity index (χ4v) is 3.41. The zero-order valence-electron chi connectivity index (χ0n) is 14.7. The molecule has 5 nitrogen and oxygen atoms in total. The first-order valence-electron chi connectivity index (χ1n) is 7.97. The summed E-state index contributed by atoms with van der Waals surface area (Å²) in [5.74, 6) is -0.957. The van der Waals surface area contributed by atoms with Crippen LogP contribution in [0, 0.1) is 19.7 Å². The largest absolute Gasteiger partial charge is 0.376 e. The summed E-state index contributed by atoms with van der Waals surface area (Å²) in [5, 5.41) is 5.56. The van der Waals surface area contributed by atoms with Crippen molar-refractivity contribution in [1.29, 1.82) is 0 Å². The summed E-state index contributed by atoms with van der Waals surface area (Å²) in [6, 6.07) is 8.84. The standard InChI is InChI=1S/C19H21FN2O3S/c1-4-9-26(24,25)16-8-6-13(2)17(11-16)21-12-19(23)22-18-10-15(20)7-5-14(18)3/h4-8,10-11,21H,1,9,12H2,2-3H3,(H,22,23). The highest BCUT2D eigenvalue weighted by atomic mass is 32.2. The molecule has 2 N–H and O–H groups in total. The van der Waals surface area contributed by atoms with Crippen LogP contribution in [-0.2, 0) is 14.6 Å². The molecule has 2 aromatic carbocycles. The third-order valence-corrected chi connectivity index (χ3v) is 5.47. The lowest BCUT2D eigenvalue weighted by molar-refractivity contribution is -0.114. The molecule has 0 bridgehead atoms. The van der Waals surface area contributed by atoms with Gasteiger partial charge in [0.15, 0.2) is 9.84 Å². The number of carbonyl (C=O) groups excluding carboxylic acids is 1. The van der Waals surface area contributed by atoms with Crippen LogP contribution in [0.4, 0.5) is 15.8 Å². The van der Waals surface area contributed by atoms with Crippen molar-refractivity contribution in [3.8, 4) is 0 Å². The van der Waals surface area contributed by atoms with Crippen molar-refractivity contribution in [2.24, 2.45) is 0 Å². The molecule has 0 unspecified atom stereocenters. The van der Waals surface area contributed by atoms with Gasteiger partial charge < -0.3 is 10.6 Å². The van der Waals surface area contributed by atoms with E-state index in [1.54, 1.807) is 26.0 Å². The summed E-state index contributed by atoms with van der Waals surface area (Å²) in [7, 11) is -3.45. The summed E-state index contributed by atoms with van der Waals surface area (Å²) >= 11 is 0. The van der Waals surface area contributed by atoms with Gasteiger partial charge in [-0.3, -0.25) is 4.79 Å². The molecular formula is C19H21FN2O3S. The number of aryl methyl sites for hydroxylation is 2. The number of anilines is 2. The van der Waals surface area contributed by atoms with Crippen LogP contribution in [0.15, 0.2) is 53.9 Å². The maximum Gasteiger partial charge on any atom is 0.243 e. The Morgan fingerprint density at radius 1 is 1.12 bits per heavy atom. The Bertz CT molecular complexity index is 940. The summed E-state index contributed by atoms with van der Waals surface area (Å²) in [5.41, 5.74) is 2.49. The maximum absolute atomic E-state index is 13.3. The molecule has 0 saturated heterocycles. The molecule has 0 aliphatic rings. The lowest BCUT2D eigenvalue weighted by Gasteiger charge is -2.13. The molecule has 0 heterocycles. The minimum atomic E-state index is -3.45. The highest BCUT2D eigenvalue weighted by Crippen LogP contribution is 2.21. The van der Waals surface area contributed by atoms with Gasteiger partial charge >= 0.3 is 0 Å². The molecule has 0 spiro atoms. The van der Waals surface area contributed by atoms with Crippen LogP contribution in [0.2, 0.25) is 0 Å². The Morgan fingerprint density at radius 3 is 2.46 bits per heavy atom. The fourth-order valence-electron chi connectivity index (χ4n) is 2.34. The highest BCUT2D eigenvalue weighted by molar-refractivity contribution is 7.91. The average Bonchev–Trinajstić information content (AvgIpc) is 2.57. The number of hydrogen-bond acceptors (Lipinski definition) is 4. The van der Waals surface area contributed by atoms with Gasteiger partial charge in [0, 0.05) is 11.4 Å². The van der Waals surface area contributed by atoms with Gasteiger partial charge in [0.05, 0.1) is 17.2 Å². The van der Waals surface area contributed by atoms with Gasteiger partial charge in [0.1, 0.15) is 5.82 Å². The van der Waals surface area contributed by atoms with E-state index in [2.05, 4.69) is 17.2 Å². The van der Waals surface area contributed by atoms with E-state index in [4.69, 9.17) is 0 Å². The van der Waals surface area contributed by atoms with Gasteiger partial charge in [-0.05, 0) is 49.2 Å². The molecule has 26 heavy (non-hydrogen) atoms. The summed E-state index contributed by atoms with van der Waals surface area (Å²) in [6.45, 7) is 6.94. The third kappa shape index (κ3) is 4.92. The Labute approximate surface area is 152 Å². The van der Waals surface area contributed by atoms with Crippen LogP contribution in [0.5, 0.6) is 0 Å².